The highest BCUT2D eigenvalue weighted by atomic mass is 16.4. The highest BCUT2D eigenvalue weighted by Gasteiger charge is 2.18. The van der Waals surface area contributed by atoms with Crippen molar-refractivity contribution in [2.45, 2.75) is 19.4 Å². The van der Waals surface area contributed by atoms with Crippen molar-refractivity contribution in [1.29, 1.82) is 0 Å². The molecule has 1 heterocycles. The van der Waals surface area contributed by atoms with Gasteiger partial charge in [0.25, 0.3) is 0 Å². The normalized spacial score (nSPS) is 12.2. The van der Waals surface area contributed by atoms with Gasteiger partial charge in [-0.1, -0.05) is 42.5 Å². The summed E-state index contributed by atoms with van der Waals surface area (Å²) < 4.78 is 0. The van der Waals surface area contributed by atoms with Crippen LogP contribution in [-0.4, -0.2) is 22.1 Å². The zero-order valence-electron chi connectivity index (χ0n) is 12.3. The van der Waals surface area contributed by atoms with E-state index in [0.29, 0.717) is 6.42 Å². The molecule has 0 radical (unpaired) electrons. The quantitative estimate of drug-likeness (QED) is 0.674. The molecule has 112 valence electrons. The summed E-state index contributed by atoms with van der Waals surface area (Å²) in [6.07, 6.45) is 0.435. The summed E-state index contributed by atoms with van der Waals surface area (Å²) in [7, 11) is 0. The monoisotopic (exact) mass is 294 g/mol. The van der Waals surface area contributed by atoms with Crippen LogP contribution in [0.5, 0.6) is 0 Å². The number of aliphatic carboxylic acids is 1. The third-order valence-electron chi connectivity index (χ3n) is 3.79. The standard InChI is InChI=1S/C18H18N2O2/c1-12-6-5-9-15-14(12)11-17(19-15)20-16(18(21)22)10-13-7-3-2-4-8-13/h2-9,11,16,19-20H,10H2,1H3,(H,21,22)/t16-/m0/s1. The molecule has 0 amide bonds. The third kappa shape index (κ3) is 2.96. The number of rotatable bonds is 5. The number of carbonyl (C=O) groups is 1. The van der Waals surface area contributed by atoms with Crippen LogP contribution in [0.25, 0.3) is 10.9 Å². The number of aryl methyl sites for hydroxylation is 1. The van der Waals surface area contributed by atoms with Crippen LogP contribution in [0.3, 0.4) is 0 Å². The van der Waals surface area contributed by atoms with E-state index >= 15 is 0 Å². The number of aromatic amines is 1. The van der Waals surface area contributed by atoms with Crippen LogP contribution in [0.15, 0.2) is 54.6 Å². The number of carboxylic acids is 1. The Labute approximate surface area is 128 Å². The average molecular weight is 294 g/mol. The Morgan fingerprint density at radius 3 is 2.64 bits per heavy atom. The molecule has 0 bridgehead atoms. The maximum absolute atomic E-state index is 11.5. The lowest BCUT2D eigenvalue weighted by molar-refractivity contribution is -0.137. The molecular weight excluding hydrogens is 276 g/mol. The molecule has 3 aromatic rings. The molecule has 0 saturated carbocycles. The third-order valence-corrected chi connectivity index (χ3v) is 3.79. The topological polar surface area (TPSA) is 65.1 Å². The van der Waals surface area contributed by atoms with E-state index in [0.717, 1.165) is 27.8 Å². The Morgan fingerprint density at radius 1 is 1.18 bits per heavy atom. The van der Waals surface area contributed by atoms with Crippen molar-refractivity contribution < 1.29 is 9.90 Å². The van der Waals surface area contributed by atoms with E-state index in [1.54, 1.807) is 0 Å². The summed E-state index contributed by atoms with van der Waals surface area (Å²) >= 11 is 0. The second-order valence-corrected chi connectivity index (χ2v) is 5.44. The summed E-state index contributed by atoms with van der Waals surface area (Å²) in [6.45, 7) is 2.04. The van der Waals surface area contributed by atoms with E-state index in [-0.39, 0.29) is 0 Å². The van der Waals surface area contributed by atoms with Crippen molar-refractivity contribution in [1.82, 2.24) is 4.98 Å². The molecule has 0 spiro atoms. The number of fused-ring (bicyclic) bond motifs is 1. The van der Waals surface area contributed by atoms with Crippen LogP contribution in [-0.2, 0) is 11.2 Å². The second kappa shape index (κ2) is 5.93. The number of carboxylic acid groups (broad SMARTS) is 1. The minimum absolute atomic E-state index is 0.435. The van der Waals surface area contributed by atoms with E-state index in [4.69, 9.17) is 0 Å². The fourth-order valence-electron chi connectivity index (χ4n) is 2.62. The first-order valence-electron chi connectivity index (χ1n) is 7.25. The Balaban J connectivity index is 1.83. The number of hydrogen-bond acceptors (Lipinski definition) is 2. The van der Waals surface area contributed by atoms with Crippen LogP contribution in [0.1, 0.15) is 11.1 Å². The lowest BCUT2D eigenvalue weighted by Crippen LogP contribution is -2.31. The summed E-state index contributed by atoms with van der Waals surface area (Å²) in [6, 6.07) is 16.9. The molecule has 0 fully saturated rings. The van der Waals surface area contributed by atoms with Gasteiger partial charge >= 0.3 is 5.97 Å². The number of benzene rings is 2. The molecule has 4 nitrogen and oxygen atoms in total. The molecule has 0 unspecified atom stereocenters. The predicted molar refractivity (Wildman–Crippen MR) is 88.2 cm³/mol. The van der Waals surface area contributed by atoms with Crippen LogP contribution in [0.4, 0.5) is 5.82 Å². The van der Waals surface area contributed by atoms with E-state index in [9.17, 15) is 9.90 Å². The smallest absolute Gasteiger partial charge is 0.326 e. The number of aromatic nitrogens is 1. The summed E-state index contributed by atoms with van der Waals surface area (Å²) in [5.41, 5.74) is 3.16. The molecule has 2 aromatic carbocycles. The van der Waals surface area contributed by atoms with Crippen molar-refractivity contribution >= 4 is 22.7 Å². The molecule has 0 aliphatic rings. The lowest BCUT2D eigenvalue weighted by atomic mass is 10.1. The zero-order valence-corrected chi connectivity index (χ0v) is 12.3. The van der Waals surface area contributed by atoms with E-state index in [2.05, 4.69) is 10.3 Å². The van der Waals surface area contributed by atoms with Gasteiger partial charge in [-0.25, -0.2) is 4.79 Å². The highest BCUT2D eigenvalue weighted by molar-refractivity contribution is 5.88. The van der Waals surface area contributed by atoms with E-state index in [1.807, 2.05) is 61.5 Å². The molecule has 22 heavy (non-hydrogen) atoms. The van der Waals surface area contributed by atoms with Crippen LogP contribution in [0.2, 0.25) is 0 Å². The van der Waals surface area contributed by atoms with E-state index in [1.165, 1.54) is 0 Å². The number of nitrogens with one attached hydrogen (secondary N) is 2. The van der Waals surface area contributed by atoms with Gasteiger partial charge in [-0.2, -0.15) is 0 Å². The molecule has 3 N–H and O–H groups in total. The zero-order chi connectivity index (χ0) is 15.5. The molecule has 3 rings (SSSR count). The molecule has 1 atom stereocenters. The van der Waals surface area contributed by atoms with Crippen molar-refractivity contribution in [2.24, 2.45) is 0 Å². The summed E-state index contributed by atoms with van der Waals surface area (Å²) in [5.74, 6) is -0.133. The van der Waals surface area contributed by atoms with Gasteiger partial charge in [0.1, 0.15) is 11.9 Å². The maximum Gasteiger partial charge on any atom is 0.326 e. The number of H-pyrrole nitrogens is 1. The van der Waals surface area contributed by atoms with Gasteiger partial charge in [-0.05, 0) is 30.2 Å². The van der Waals surface area contributed by atoms with Crippen LogP contribution < -0.4 is 5.32 Å². The number of hydrogen-bond donors (Lipinski definition) is 3. The Hall–Kier alpha value is -2.75. The van der Waals surface area contributed by atoms with Crippen molar-refractivity contribution in [3.63, 3.8) is 0 Å². The summed E-state index contributed by atoms with van der Waals surface area (Å²) in [5, 5.41) is 13.6. The number of anilines is 1. The fourth-order valence-corrected chi connectivity index (χ4v) is 2.62. The van der Waals surface area contributed by atoms with E-state index < -0.39 is 12.0 Å². The van der Waals surface area contributed by atoms with Crippen molar-refractivity contribution in [3.05, 3.63) is 65.7 Å². The lowest BCUT2D eigenvalue weighted by Gasteiger charge is -2.14. The highest BCUT2D eigenvalue weighted by Crippen LogP contribution is 2.22. The van der Waals surface area contributed by atoms with Gasteiger partial charge in [0.2, 0.25) is 0 Å². The van der Waals surface area contributed by atoms with Gasteiger partial charge < -0.3 is 15.4 Å². The Bertz CT molecular complexity index is 793. The fraction of sp³-hybridized carbons (Fsp3) is 0.167. The molecule has 0 saturated heterocycles. The first-order valence-corrected chi connectivity index (χ1v) is 7.25. The molecule has 4 heteroatoms. The molecule has 0 aliphatic carbocycles. The average Bonchev–Trinajstić information content (AvgIpc) is 2.92. The van der Waals surface area contributed by atoms with Crippen LogP contribution >= 0.6 is 0 Å². The minimum atomic E-state index is -0.862. The predicted octanol–water partition coefficient (Wildman–Crippen LogP) is 3.58. The second-order valence-electron chi connectivity index (χ2n) is 5.44. The molecular formula is C18H18N2O2. The SMILES string of the molecule is Cc1cccc2[nH]c(N[C@@H](Cc3ccccc3)C(=O)O)cc12. The van der Waals surface area contributed by atoms with Gasteiger partial charge in [-0.15, -0.1) is 0 Å². The van der Waals surface area contributed by atoms with Crippen LogP contribution in [0, 0.1) is 6.92 Å². The molecule has 1 aromatic heterocycles. The maximum atomic E-state index is 11.5. The van der Waals surface area contributed by atoms with Gasteiger partial charge in [0.15, 0.2) is 0 Å². The Morgan fingerprint density at radius 2 is 1.95 bits per heavy atom. The van der Waals surface area contributed by atoms with Gasteiger partial charge in [0.05, 0.1) is 0 Å². The van der Waals surface area contributed by atoms with Gasteiger partial charge in [-0.3, -0.25) is 0 Å². The first kappa shape index (κ1) is 14.2. The Kier molecular flexibility index (Phi) is 3.83. The molecule has 0 aliphatic heterocycles. The minimum Gasteiger partial charge on any atom is -0.480 e. The largest absolute Gasteiger partial charge is 0.480 e. The van der Waals surface area contributed by atoms with Crippen molar-refractivity contribution in [2.75, 3.05) is 5.32 Å². The summed E-state index contributed by atoms with van der Waals surface area (Å²) in [4.78, 5) is 14.7. The van der Waals surface area contributed by atoms with Gasteiger partial charge in [0, 0.05) is 17.3 Å². The van der Waals surface area contributed by atoms with Crippen molar-refractivity contribution in [3.8, 4) is 0 Å². The first-order chi connectivity index (χ1) is 10.6.